The van der Waals surface area contributed by atoms with Gasteiger partial charge in [-0.3, -0.25) is 0 Å². The Balaban J connectivity index is 1.47. The highest BCUT2D eigenvalue weighted by molar-refractivity contribution is 5.84. The summed E-state index contributed by atoms with van der Waals surface area (Å²) in [5.74, 6) is 3.63. The Labute approximate surface area is 178 Å². The lowest BCUT2D eigenvalue weighted by molar-refractivity contribution is -0.207. The van der Waals surface area contributed by atoms with Crippen LogP contribution in [0, 0.1) is 35.2 Å². The molecule has 0 amide bonds. The van der Waals surface area contributed by atoms with Crippen LogP contribution in [0.1, 0.15) is 29.4 Å². The molecule has 1 aliphatic heterocycles. The van der Waals surface area contributed by atoms with Crippen LogP contribution in [0.15, 0.2) is 48.5 Å². The minimum absolute atomic E-state index is 0.225. The quantitative estimate of drug-likeness (QED) is 0.526. The van der Waals surface area contributed by atoms with Gasteiger partial charge in [0.1, 0.15) is 5.82 Å². The summed E-state index contributed by atoms with van der Waals surface area (Å²) in [6.45, 7) is 1.71. The molecule has 0 N–H and O–H groups in total. The molecule has 1 heterocycles. The molecule has 0 radical (unpaired) electrons. The van der Waals surface area contributed by atoms with Gasteiger partial charge in [-0.1, -0.05) is 24.0 Å². The van der Waals surface area contributed by atoms with Crippen molar-refractivity contribution in [2.24, 2.45) is 5.92 Å². The molecular formula is C25H21F3O3. The summed E-state index contributed by atoms with van der Waals surface area (Å²) in [5, 5.41) is 1.09. The monoisotopic (exact) mass is 426 g/mol. The average molecular weight is 426 g/mol. The first-order valence-corrected chi connectivity index (χ1v) is 9.96. The third-order valence-electron chi connectivity index (χ3n) is 5.18. The van der Waals surface area contributed by atoms with E-state index in [4.69, 9.17) is 14.2 Å². The Bertz CT molecular complexity index is 1140. The van der Waals surface area contributed by atoms with Crippen molar-refractivity contribution in [1.29, 1.82) is 0 Å². The molecule has 0 atom stereocenters. The van der Waals surface area contributed by atoms with Gasteiger partial charge in [0.05, 0.1) is 18.8 Å². The third kappa shape index (κ3) is 5.08. The molecule has 0 saturated carbocycles. The van der Waals surface area contributed by atoms with Gasteiger partial charge in [0.25, 0.3) is 0 Å². The van der Waals surface area contributed by atoms with Crippen molar-refractivity contribution in [3.63, 3.8) is 0 Å². The van der Waals surface area contributed by atoms with Crippen molar-refractivity contribution in [3.8, 4) is 11.8 Å². The highest BCUT2D eigenvalue weighted by Gasteiger charge is 2.24. The van der Waals surface area contributed by atoms with Gasteiger partial charge in [0.2, 0.25) is 0 Å². The fourth-order valence-corrected chi connectivity index (χ4v) is 3.43. The molecule has 160 valence electrons. The number of fused-ring (bicyclic) bond motifs is 1. The maximum atomic E-state index is 14.6. The van der Waals surface area contributed by atoms with Gasteiger partial charge in [-0.25, -0.2) is 13.2 Å². The molecule has 0 spiro atoms. The van der Waals surface area contributed by atoms with Gasteiger partial charge < -0.3 is 14.2 Å². The van der Waals surface area contributed by atoms with E-state index in [2.05, 4.69) is 11.8 Å². The maximum absolute atomic E-state index is 14.6. The lowest BCUT2D eigenvalue weighted by Crippen LogP contribution is -2.28. The van der Waals surface area contributed by atoms with Gasteiger partial charge in [-0.2, -0.15) is 0 Å². The van der Waals surface area contributed by atoms with Crippen LogP contribution in [0.3, 0.4) is 0 Å². The first-order chi connectivity index (χ1) is 15.0. The van der Waals surface area contributed by atoms with E-state index in [1.54, 1.807) is 37.4 Å². The molecule has 1 aliphatic rings. The molecular weight excluding hydrogens is 405 g/mol. The zero-order valence-corrected chi connectivity index (χ0v) is 17.0. The van der Waals surface area contributed by atoms with Crippen molar-refractivity contribution in [1.82, 2.24) is 0 Å². The predicted molar refractivity (Wildman–Crippen MR) is 111 cm³/mol. The molecule has 3 aromatic carbocycles. The van der Waals surface area contributed by atoms with Gasteiger partial charge in [0, 0.05) is 30.8 Å². The Morgan fingerprint density at radius 3 is 2.32 bits per heavy atom. The minimum atomic E-state index is -0.920. The van der Waals surface area contributed by atoms with Gasteiger partial charge in [-0.15, -0.1) is 0 Å². The Kier molecular flexibility index (Phi) is 6.57. The van der Waals surface area contributed by atoms with Gasteiger partial charge in [-0.05, 0) is 53.6 Å². The summed E-state index contributed by atoms with van der Waals surface area (Å²) in [6, 6.07) is 11.9. The number of hydrogen-bond donors (Lipinski definition) is 0. The second kappa shape index (κ2) is 9.52. The van der Waals surface area contributed by atoms with E-state index in [1.807, 2.05) is 0 Å². The number of ether oxygens (including phenoxy) is 3. The van der Waals surface area contributed by atoms with E-state index in [9.17, 15) is 13.2 Å². The zero-order valence-electron chi connectivity index (χ0n) is 17.0. The Morgan fingerprint density at radius 2 is 1.61 bits per heavy atom. The van der Waals surface area contributed by atoms with E-state index in [-0.39, 0.29) is 11.5 Å². The smallest absolute Gasteiger partial charge is 0.183 e. The van der Waals surface area contributed by atoms with Crippen molar-refractivity contribution < 1.29 is 27.4 Å². The molecule has 0 aliphatic carbocycles. The molecule has 3 aromatic rings. The average Bonchev–Trinajstić information content (AvgIpc) is 2.78. The molecule has 6 heteroatoms. The fourth-order valence-electron chi connectivity index (χ4n) is 3.43. The van der Waals surface area contributed by atoms with E-state index in [1.165, 1.54) is 6.07 Å². The summed E-state index contributed by atoms with van der Waals surface area (Å²) in [6.07, 6.45) is 0.244. The minimum Gasteiger partial charge on any atom is -0.385 e. The van der Waals surface area contributed by atoms with Crippen LogP contribution >= 0.6 is 0 Å². The lowest BCUT2D eigenvalue weighted by Gasteiger charge is -2.29. The number of methoxy groups -OCH3 is 1. The molecule has 1 fully saturated rings. The third-order valence-corrected chi connectivity index (χ3v) is 5.18. The van der Waals surface area contributed by atoms with Gasteiger partial charge >= 0.3 is 0 Å². The number of halogens is 3. The first kappa shape index (κ1) is 21.4. The summed E-state index contributed by atoms with van der Waals surface area (Å²) in [4.78, 5) is 0. The second-order valence-electron chi connectivity index (χ2n) is 7.46. The van der Waals surface area contributed by atoms with E-state index < -0.39 is 23.7 Å². The summed E-state index contributed by atoms with van der Waals surface area (Å²) in [5.41, 5.74) is 1.39. The topological polar surface area (TPSA) is 27.7 Å². The Morgan fingerprint density at radius 1 is 0.871 bits per heavy atom. The predicted octanol–water partition coefficient (Wildman–Crippen LogP) is 5.36. The van der Waals surface area contributed by atoms with Crippen molar-refractivity contribution >= 4 is 10.8 Å². The number of rotatable bonds is 4. The number of benzene rings is 3. The maximum Gasteiger partial charge on any atom is 0.183 e. The van der Waals surface area contributed by atoms with Crippen LogP contribution in [0.2, 0.25) is 0 Å². The second-order valence-corrected chi connectivity index (χ2v) is 7.46. The molecule has 31 heavy (non-hydrogen) atoms. The van der Waals surface area contributed by atoms with Crippen LogP contribution in [0.5, 0.6) is 0 Å². The van der Waals surface area contributed by atoms with Crippen molar-refractivity contribution in [3.05, 3.63) is 82.7 Å². The summed E-state index contributed by atoms with van der Waals surface area (Å²) in [7, 11) is 1.65. The van der Waals surface area contributed by atoms with Crippen LogP contribution in [0.25, 0.3) is 10.8 Å². The van der Waals surface area contributed by atoms with Crippen LogP contribution in [-0.2, 0) is 14.2 Å². The van der Waals surface area contributed by atoms with Crippen LogP contribution < -0.4 is 0 Å². The Hall–Kier alpha value is -2.85. The van der Waals surface area contributed by atoms with Crippen molar-refractivity contribution in [2.45, 2.75) is 12.7 Å². The first-order valence-electron chi connectivity index (χ1n) is 9.96. The molecule has 0 bridgehead atoms. The standard InChI is InChI=1S/C25H21F3O3/c1-29-9-8-17-14-30-25(31-15-17)20-7-6-18(22(26)12-20)4-2-16-3-5-19-11-23(27)24(28)13-21(19)10-16/h3,5-7,10-13,17,25H,8-9,14-15H2,1H3. The molecule has 0 aromatic heterocycles. The molecule has 1 saturated heterocycles. The summed E-state index contributed by atoms with van der Waals surface area (Å²) < 4.78 is 57.9. The highest BCUT2D eigenvalue weighted by atomic mass is 19.2. The van der Waals surface area contributed by atoms with Crippen LogP contribution in [0.4, 0.5) is 13.2 Å². The molecule has 4 rings (SSSR count). The number of hydrogen-bond acceptors (Lipinski definition) is 3. The van der Waals surface area contributed by atoms with E-state index in [0.29, 0.717) is 41.7 Å². The SMILES string of the molecule is COCCC1COC(c2ccc(C#Cc3ccc4cc(F)c(F)cc4c3)c(F)c2)OC1. The summed E-state index contributed by atoms with van der Waals surface area (Å²) >= 11 is 0. The highest BCUT2D eigenvalue weighted by Crippen LogP contribution is 2.27. The molecule has 3 nitrogen and oxygen atoms in total. The lowest BCUT2D eigenvalue weighted by atomic mass is 10.1. The van der Waals surface area contributed by atoms with Gasteiger partial charge in [0.15, 0.2) is 17.9 Å². The largest absolute Gasteiger partial charge is 0.385 e. The zero-order chi connectivity index (χ0) is 21.8. The van der Waals surface area contributed by atoms with Crippen LogP contribution in [-0.4, -0.2) is 26.9 Å². The van der Waals surface area contributed by atoms with E-state index in [0.717, 1.165) is 18.6 Å². The molecule has 0 unspecified atom stereocenters. The fraction of sp³-hybridized carbons (Fsp3) is 0.280. The van der Waals surface area contributed by atoms with Crippen molar-refractivity contribution in [2.75, 3.05) is 26.9 Å². The van der Waals surface area contributed by atoms with E-state index >= 15 is 0 Å². The normalized spacial score (nSPS) is 18.6.